The van der Waals surface area contributed by atoms with Gasteiger partial charge in [-0.2, -0.15) is 0 Å². The lowest BCUT2D eigenvalue weighted by molar-refractivity contribution is -0.123. The molecule has 0 unspecified atom stereocenters. The zero-order valence-electron chi connectivity index (χ0n) is 14.5. The van der Waals surface area contributed by atoms with E-state index in [9.17, 15) is 4.79 Å². The van der Waals surface area contributed by atoms with Crippen LogP contribution in [-0.2, 0) is 4.79 Å². The van der Waals surface area contributed by atoms with E-state index in [1.165, 1.54) is 55.0 Å². The molecule has 1 amide bonds. The molecule has 4 bridgehead atoms. The Bertz CT molecular complexity index is 608. The van der Waals surface area contributed by atoms with Gasteiger partial charge in [0.2, 0.25) is 11.1 Å². The van der Waals surface area contributed by atoms with Crippen molar-refractivity contribution in [2.75, 3.05) is 11.6 Å². The number of nitrogens with two attached hydrogens (primary N) is 1. The summed E-state index contributed by atoms with van der Waals surface area (Å²) in [5.41, 5.74) is 0.347. The van der Waals surface area contributed by atoms with Crippen LogP contribution in [0.3, 0.4) is 0 Å². The Morgan fingerprint density at radius 2 is 1.88 bits per heavy atom. The Hall–Kier alpha value is -1.24. The predicted molar refractivity (Wildman–Crippen MR) is 93.8 cm³/mol. The second-order valence-corrected chi connectivity index (χ2v) is 9.20. The standard InChI is InChI=1S/C17H27N5OS/c1-10(17-6-12-3-13(7-17)5-14(4-12)8-17)19-15(23)9-24-16-21-20-11(2)22(16)18/h10,12-14H,3-9,18H2,1-2H3,(H,19,23)/t10-,12?,13?,14?,17?/m1/s1. The van der Waals surface area contributed by atoms with Gasteiger partial charge in [0.25, 0.3) is 0 Å². The SMILES string of the molecule is Cc1nnc(SCC(=O)N[C@H](C)C23CC4CC(CC(C4)C2)C3)n1N. The third-order valence-electron chi connectivity index (χ3n) is 6.55. The molecule has 1 atom stereocenters. The molecule has 0 aliphatic heterocycles. The topological polar surface area (TPSA) is 85.8 Å². The van der Waals surface area contributed by atoms with Crippen molar-refractivity contribution in [1.29, 1.82) is 0 Å². The van der Waals surface area contributed by atoms with E-state index in [0.29, 0.717) is 22.1 Å². The summed E-state index contributed by atoms with van der Waals surface area (Å²) < 4.78 is 1.43. The Labute approximate surface area is 147 Å². The number of rotatable bonds is 5. The van der Waals surface area contributed by atoms with E-state index in [1.807, 2.05) is 0 Å². The highest BCUT2D eigenvalue weighted by Crippen LogP contribution is 2.61. The average molecular weight is 350 g/mol. The van der Waals surface area contributed by atoms with Gasteiger partial charge in [-0.05, 0) is 75.5 Å². The number of amides is 1. The zero-order chi connectivity index (χ0) is 16.9. The monoisotopic (exact) mass is 349 g/mol. The first-order valence-electron chi connectivity index (χ1n) is 9.04. The average Bonchev–Trinajstić information content (AvgIpc) is 2.83. The molecule has 0 spiro atoms. The number of carbonyl (C=O) groups excluding carboxylic acids is 1. The number of carbonyl (C=O) groups is 1. The maximum atomic E-state index is 12.4. The van der Waals surface area contributed by atoms with Crippen molar-refractivity contribution in [1.82, 2.24) is 20.2 Å². The molecular weight excluding hydrogens is 322 g/mol. The number of hydrogen-bond acceptors (Lipinski definition) is 5. The highest BCUT2D eigenvalue weighted by atomic mass is 32.2. The smallest absolute Gasteiger partial charge is 0.230 e. The molecule has 6 nitrogen and oxygen atoms in total. The molecule has 0 aromatic carbocycles. The van der Waals surface area contributed by atoms with Gasteiger partial charge in [0.15, 0.2) is 0 Å². The zero-order valence-corrected chi connectivity index (χ0v) is 15.3. The minimum Gasteiger partial charge on any atom is -0.352 e. The molecule has 1 aromatic rings. The molecular formula is C17H27N5OS. The molecule has 5 rings (SSSR count). The number of nitrogens with one attached hydrogen (secondary N) is 1. The molecule has 3 N–H and O–H groups in total. The number of aromatic nitrogens is 3. The fourth-order valence-electron chi connectivity index (χ4n) is 5.72. The minimum atomic E-state index is 0.0731. The van der Waals surface area contributed by atoms with Crippen LogP contribution in [-0.4, -0.2) is 32.6 Å². The predicted octanol–water partition coefficient (Wildman–Crippen LogP) is 2.11. The number of nitrogens with zero attached hydrogens (tertiary/aromatic N) is 3. The summed E-state index contributed by atoms with van der Waals surface area (Å²) in [6, 6.07) is 0.261. The molecule has 0 radical (unpaired) electrons. The van der Waals surface area contributed by atoms with E-state index < -0.39 is 0 Å². The van der Waals surface area contributed by atoms with E-state index in [-0.39, 0.29) is 11.9 Å². The van der Waals surface area contributed by atoms with Gasteiger partial charge in [-0.15, -0.1) is 10.2 Å². The molecule has 4 aliphatic carbocycles. The summed E-state index contributed by atoms with van der Waals surface area (Å²) in [6.07, 6.45) is 8.22. The first kappa shape index (κ1) is 16.2. The first-order valence-corrected chi connectivity index (χ1v) is 10.0. The summed E-state index contributed by atoms with van der Waals surface area (Å²) >= 11 is 1.35. The van der Waals surface area contributed by atoms with Crippen LogP contribution >= 0.6 is 11.8 Å². The van der Waals surface area contributed by atoms with Crippen LogP contribution in [0.1, 0.15) is 51.3 Å². The van der Waals surface area contributed by atoms with Crippen LogP contribution in [0.25, 0.3) is 0 Å². The maximum Gasteiger partial charge on any atom is 0.230 e. The lowest BCUT2D eigenvalue weighted by atomic mass is 9.48. The third-order valence-corrected chi connectivity index (χ3v) is 7.49. The number of nitrogen functional groups attached to an aromatic ring is 1. The summed E-state index contributed by atoms with van der Waals surface area (Å²) in [5, 5.41) is 11.8. The summed E-state index contributed by atoms with van der Waals surface area (Å²) in [6.45, 7) is 4.01. The Morgan fingerprint density at radius 3 is 2.38 bits per heavy atom. The fourth-order valence-corrected chi connectivity index (χ4v) is 6.44. The lowest BCUT2D eigenvalue weighted by Gasteiger charge is -2.59. The molecule has 4 fully saturated rings. The number of hydrogen-bond donors (Lipinski definition) is 2. The van der Waals surface area contributed by atoms with Crippen molar-refractivity contribution in [3.05, 3.63) is 5.82 Å². The summed E-state index contributed by atoms with van der Waals surface area (Å²) in [4.78, 5) is 12.4. The molecule has 1 aromatic heterocycles. The second kappa shape index (κ2) is 5.93. The van der Waals surface area contributed by atoms with Gasteiger partial charge in [0.1, 0.15) is 5.82 Å². The van der Waals surface area contributed by atoms with Crippen molar-refractivity contribution < 1.29 is 4.79 Å². The van der Waals surface area contributed by atoms with Crippen molar-refractivity contribution in [2.24, 2.45) is 23.2 Å². The Kier molecular flexibility index (Phi) is 4.01. The molecule has 4 saturated carbocycles. The van der Waals surface area contributed by atoms with Gasteiger partial charge < -0.3 is 11.2 Å². The Morgan fingerprint density at radius 1 is 1.29 bits per heavy atom. The molecule has 0 saturated heterocycles. The second-order valence-electron chi connectivity index (χ2n) is 8.26. The van der Waals surface area contributed by atoms with Crippen molar-refractivity contribution in [3.8, 4) is 0 Å². The number of aryl methyl sites for hydroxylation is 1. The van der Waals surface area contributed by atoms with E-state index in [1.54, 1.807) is 6.92 Å². The largest absolute Gasteiger partial charge is 0.352 e. The van der Waals surface area contributed by atoms with Crippen LogP contribution in [0.15, 0.2) is 5.16 Å². The van der Waals surface area contributed by atoms with Gasteiger partial charge in [-0.1, -0.05) is 11.8 Å². The quantitative estimate of drug-likeness (QED) is 0.628. The van der Waals surface area contributed by atoms with Crippen LogP contribution < -0.4 is 11.2 Å². The van der Waals surface area contributed by atoms with Gasteiger partial charge >= 0.3 is 0 Å². The molecule has 7 heteroatoms. The van der Waals surface area contributed by atoms with E-state index >= 15 is 0 Å². The summed E-state index contributed by atoms with van der Waals surface area (Å²) in [7, 11) is 0. The minimum absolute atomic E-state index is 0.0731. The molecule has 24 heavy (non-hydrogen) atoms. The van der Waals surface area contributed by atoms with Crippen molar-refractivity contribution in [2.45, 2.75) is 63.6 Å². The van der Waals surface area contributed by atoms with Crippen molar-refractivity contribution >= 4 is 17.7 Å². The van der Waals surface area contributed by atoms with E-state index in [4.69, 9.17) is 5.84 Å². The third kappa shape index (κ3) is 2.80. The molecule has 1 heterocycles. The van der Waals surface area contributed by atoms with E-state index in [0.717, 1.165) is 17.8 Å². The lowest BCUT2D eigenvalue weighted by Crippen LogP contribution is -2.56. The summed E-state index contributed by atoms with van der Waals surface area (Å²) in [5.74, 6) is 9.62. The fraction of sp³-hybridized carbons (Fsp3) is 0.824. The van der Waals surface area contributed by atoms with Crippen LogP contribution in [0.5, 0.6) is 0 Å². The first-order chi connectivity index (χ1) is 11.4. The van der Waals surface area contributed by atoms with Gasteiger partial charge in [0.05, 0.1) is 5.75 Å². The van der Waals surface area contributed by atoms with E-state index in [2.05, 4.69) is 22.4 Å². The highest BCUT2D eigenvalue weighted by Gasteiger charge is 2.53. The number of thioether (sulfide) groups is 1. The Balaban J connectivity index is 1.35. The normalized spacial score (nSPS) is 35.2. The van der Waals surface area contributed by atoms with Crippen LogP contribution in [0.2, 0.25) is 0 Å². The molecule has 4 aliphatic rings. The van der Waals surface area contributed by atoms with Gasteiger partial charge in [0, 0.05) is 6.04 Å². The van der Waals surface area contributed by atoms with Gasteiger partial charge in [-0.3, -0.25) is 4.79 Å². The van der Waals surface area contributed by atoms with Gasteiger partial charge in [-0.25, -0.2) is 4.68 Å². The van der Waals surface area contributed by atoms with Crippen LogP contribution in [0.4, 0.5) is 0 Å². The van der Waals surface area contributed by atoms with Crippen molar-refractivity contribution in [3.63, 3.8) is 0 Å². The van der Waals surface area contributed by atoms with Crippen LogP contribution in [0, 0.1) is 30.1 Å². The maximum absolute atomic E-state index is 12.4. The molecule has 132 valence electrons. The highest BCUT2D eigenvalue weighted by molar-refractivity contribution is 7.99.